The maximum atomic E-state index is 15.3. The minimum atomic E-state index is -1.04. The highest BCUT2D eigenvalue weighted by Gasteiger charge is 2.57. The van der Waals surface area contributed by atoms with Crippen LogP contribution < -0.4 is 20.1 Å². The number of benzene rings is 2. The predicted octanol–water partition coefficient (Wildman–Crippen LogP) is 6.13. The SMILES string of the molecule is C[C@]1(c2ccc(Cl)cn2)Oc2cccc(N3CCC4(CC3)C[C@H]4c3cc4c(F)cc(/C(N)=N/O)cc4n3C[C@H]3CCO3)c2O1. The summed E-state index contributed by atoms with van der Waals surface area (Å²) in [4.78, 5) is 6.82. The molecule has 2 aromatic heterocycles. The van der Waals surface area contributed by atoms with Crippen molar-refractivity contribution in [2.75, 3.05) is 24.6 Å². The fourth-order valence-corrected chi connectivity index (χ4v) is 7.40. The number of fused-ring (bicyclic) bond motifs is 2. The third-order valence-electron chi connectivity index (χ3n) is 9.98. The van der Waals surface area contributed by atoms with Crippen LogP contribution in [-0.2, 0) is 17.1 Å². The average molecular weight is 618 g/mol. The van der Waals surface area contributed by atoms with Crippen molar-refractivity contribution in [1.29, 1.82) is 0 Å². The van der Waals surface area contributed by atoms with Crippen molar-refractivity contribution in [2.24, 2.45) is 16.3 Å². The normalized spacial score (nSPS) is 25.4. The van der Waals surface area contributed by atoms with E-state index < -0.39 is 5.79 Å². The summed E-state index contributed by atoms with van der Waals surface area (Å²) < 4.78 is 36.1. The second kappa shape index (κ2) is 10.0. The number of oxime groups is 1. The Balaban J connectivity index is 1.04. The molecule has 4 aromatic rings. The maximum Gasteiger partial charge on any atom is 0.292 e. The monoisotopic (exact) mass is 617 g/mol. The molecule has 2 saturated heterocycles. The lowest BCUT2D eigenvalue weighted by molar-refractivity contribution is -0.0716. The van der Waals surface area contributed by atoms with Crippen molar-refractivity contribution < 1.29 is 23.8 Å². The van der Waals surface area contributed by atoms with Crippen LogP contribution in [0.1, 0.15) is 55.5 Å². The first-order valence-electron chi connectivity index (χ1n) is 15.1. The van der Waals surface area contributed by atoms with E-state index in [1.54, 1.807) is 12.3 Å². The van der Waals surface area contributed by atoms with Gasteiger partial charge in [-0.1, -0.05) is 22.8 Å². The summed E-state index contributed by atoms with van der Waals surface area (Å²) in [5.41, 5.74) is 9.93. The van der Waals surface area contributed by atoms with E-state index in [0.29, 0.717) is 39.9 Å². The van der Waals surface area contributed by atoms with Crippen LogP contribution in [0.2, 0.25) is 5.02 Å². The lowest BCUT2D eigenvalue weighted by atomic mass is 9.89. The van der Waals surface area contributed by atoms with E-state index >= 15 is 4.39 Å². The molecule has 0 bridgehead atoms. The number of piperidine rings is 1. The average Bonchev–Trinajstić information content (AvgIpc) is 3.36. The molecule has 0 unspecified atom stereocenters. The lowest BCUT2D eigenvalue weighted by Gasteiger charge is -2.35. The van der Waals surface area contributed by atoms with Gasteiger partial charge in [-0.15, -0.1) is 0 Å². The first-order chi connectivity index (χ1) is 21.3. The number of rotatable bonds is 6. The first-order valence-corrected chi connectivity index (χ1v) is 15.4. The molecule has 3 atom stereocenters. The van der Waals surface area contributed by atoms with E-state index in [9.17, 15) is 5.21 Å². The smallest absolute Gasteiger partial charge is 0.292 e. The highest BCUT2D eigenvalue weighted by atomic mass is 35.5. The zero-order valence-electron chi connectivity index (χ0n) is 24.3. The summed E-state index contributed by atoms with van der Waals surface area (Å²) in [5, 5.41) is 13.4. The Kier molecular flexibility index (Phi) is 6.26. The molecule has 44 heavy (non-hydrogen) atoms. The highest BCUT2D eigenvalue weighted by Crippen LogP contribution is 2.66. The number of nitrogens with two attached hydrogens (primary N) is 1. The number of para-hydroxylation sites is 1. The number of nitrogens with zero attached hydrogens (tertiary/aromatic N) is 4. The Morgan fingerprint density at radius 1 is 1.18 bits per heavy atom. The number of ether oxygens (including phenoxy) is 3. The number of pyridine rings is 1. The Morgan fingerprint density at radius 3 is 2.70 bits per heavy atom. The second-order valence-electron chi connectivity index (χ2n) is 12.6. The summed E-state index contributed by atoms with van der Waals surface area (Å²) in [6.07, 6.45) is 5.76. The van der Waals surface area contributed by atoms with Crippen LogP contribution >= 0.6 is 11.6 Å². The second-order valence-corrected chi connectivity index (χ2v) is 13.0. The predicted molar refractivity (Wildman–Crippen MR) is 164 cm³/mol. The van der Waals surface area contributed by atoms with Crippen LogP contribution in [0.15, 0.2) is 59.9 Å². The van der Waals surface area contributed by atoms with Crippen molar-refractivity contribution in [3.8, 4) is 11.5 Å². The van der Waals surface area contributed by atoms with Gasteiger partial charge in [0.1, 0.15) is 11.5 Å². The Bertz CT molecular complexity index is 1800. The van der Waals surface area contributed by atoms with E-state index in [1.807, 2.05) is 37.3 Å². The summed E-state index contributed by atoms with van der Waals surface area (Å²) in [7, 11) is 0. The molecular formula is C33H33ClFN5O4. The number of amidine groups is 1. The molecule has 2 aromatic carbocycles. The van der Waals surface area contributed by atoms with Crippen molar-refractivity contribution >= 4 is 34.0 Å². The molecule has 9 nitrogen and oxygen atoms in total. The van der Waals surface area contributed by atoms with Gasteiger partial charge in [-0.05, 0) is 73.6 Å². The van der Waals surface area contributed by atoms with Gasteiger partial charge in [0.05, 0.1) is 22.3 Å². The van der Waals surface area contributed by atoms with Crippen LogP contribution in [0.4, 0.5) is 10.1 Å². The quantitative estimate of drug-likeness (QED) is 0.116. The zero-order valence-corrected chi connectivity index (χ0v) is 25.1. The molecule has 1 aliphatic carbocycles. The van der Waals surface area contributed by atoms with Gasteiger partial charge in [-0.2, -0.15) is 0 Å². The van der Waals surface area contributed by atoms with Crippen LogP contribution in [0.3, 0.4) is 0 Å². The number of halogens is 2. The van der Waals surface area contributed by atoms with Crippen LogP contribution in [0.25, 0.3) is 10.9 Å². The number of hydrogen-bond donors (Lipinski definition) is 2. The minimum Gasteiger partial charge on any atom is -0.443 e. The molecule has 3 N–H and O–H groups in total. The minimum absolute atomic E-state index is 0.104. The first kappa shape index (κ1) is 27.5. The molecule has 8 rings (SSSR count). The van der Waals surface area contributed by atoms with E-state index in [0.717, 1.165) is 68.0 Å². The summed E-state index contributed by atoms with van der Waals surface area (Å²) in [6, 6.07) is 14.8. The maximum absolute atomic E-state index is 15.3. The van der Waals surface area contributed by atoms with Gasteiger partial charge in [-0.25, -0.2) is 4.39 Å². The van der Waals surface area contributed by atoms with Gasteiger partial charge in [0, 0.05) is 61.9 Å². The van der Waals surface area contributed by atoms with Crippen molar-refractivity contribution in [3.05, 3.63) is 82.5 Å². The number of anilines is 1. The van der Waals surface area contributed by atoms with Crippen LogP contribution in [0, 0.1) is 11.2 Å². The van der Waals surface area contributed by atoms with Crippen LogP contribution in [-0.4, -0.2) is 46.4 Å². The van der Waals surface area contributed by atoms with Gasteiger partial charge in [0.2, 0.25) is 0 Å². The van der Waals surface area contributed by atoms with Gasteiger partial charge >= 0.3 is 0 Å². The Morgan fingerprint density at radius 2 is 2.00 bits per heavy atom. The summed E-state index contributed by atoms with van der Waals surface area (Å²) in [5.74, 6) is 0.229. The molecule has 4 aliphatic rings. The zero-order chi connectivity index (χ0) is 30.2. The van der Waals surface area contributed by atoms with Crippen molar-refractivity contribution in [3.63, 3.8) is 0 Å². The van der Waals surface area contributed by atoms with Gasteiger partial charge in [0.25, 0.3) is 5.79 Å². The van der Waals surface area contributed by atoms with E-state index in [1.165, 1.54) is 6.07 Å². The van der Waals surface area contributed by atoms with E-state index in [-0.39, 0.29) is 23.2 Å². The standard InChI is InChI=1S/C33H33ClFN5O4/c1-32(29-6-5-20(34)17-37-29)43-28-4-2-3-25(30(28)44-32)39-10-8-33(9-11-39)16-23(33)27-15-22-24(35)13-19(31(36)38-41)14-26(22)40(27)18-21-7-12-42-21/h2-6,13-15,17,21,23,41H,7-12,16,18H2,1H3,(H2,36,38)/t21-,23+,32+/m1/s1. The molecule has 1 spiro atoms. The van der Waals surface area contributed by atoms with Crippen LogP contribution in [0.5, 0.6) is 11.5 Å². The van der Waals surface area contributed by atoms with E-state index in [4.69, 9.17) is 31.5 Å². The van der Waals surface area contributed by atoms with Gasteiger partial charge < -0.3 is 34.6 Å². The molecular weight excluding hydrogens is 585 g/mol. The van der Waals surface area contributed by atoms with E-state index in [2.05, 4.69) is 25.7 Å². The third kappa shape index (κ3) is 4.37. The molecule has 1 saturated carbocycles. The van der Waals surface area contributed by atoms with Crippen molar-refractivity contribution in [2.45, 2.75) is 57.0 Å². The fourth-order valence-electron chi connectivity index (χ4n) is 7.29. The number of aromatic nitrogens is 2. The van der Waals surface area contributed by atoms with Crippen molar-refractivity contribution in [1.82, 2.24) is 9.55 Å². The Labute approximate surface area is 259 Å². The number of hydrogen-bond acceptors (Lipinski definition) is 7. The highest BCUT2D eigenvalue weighted by molar-refractivity contribution is 6.30. The topological polar surface area (TPSA) is 107 Å². The molecule has 0 radical (unpaired) electrons. The molecule has 3 aliphatic heterocycles. The molecule has 0 amide bonds. The lowest BCUT2D eigenvalue weighted by Crippen LogP contribution is -2.36. The Hall–Kier alpha value is -4.02. The molecule has 11 heteroatoms. The fraction of sp³-hybridized carbons (Fsp3) is 0.394. The third-order valence-corrected chi connectivity index (χ3v) is 10.2. The van der Waals surface area contributed by atoms with Gasteiger partial charge in [-0.3, -0.25) is 4.98 Å². The van der Waals surface area contributed by atoms with Gasteiger partial charge in [0.15, 0.2) is 17.3 Å². The molecule has 3 fully saturated rings. The summed E-state index contributed by atoms with van der Waals surface area (Å²) >= 11 is 6.06. The summed E-state index contributed by atoms with van der Waals surface area (Å²) in [6.45, 7) is 5.03. The largest absolute Gasteiger partial charge is 0.443 e. The molecule has 228 valence electrons. The molecule has 5 heterocycles.